The predicted molar refractivity (Wildman–Crippen MR) is 63.2 cm³/mol. The Hall–Kier alpha value is -1.32. The normalized spacial score (nSPS) is 8.62. The lowest BCUT2D eigenvalue weighted by Crippen LogP contribution is -2.02. The fourth-order valence-corrected chi connectivity index (χ4v) is 0.876. The number of carbonyl (C=O) groups is 2. The van der Waals surface area contributed by atoms with Crippen LogP contribution in [0.3, 0.4) is 0 Å². The fraction of sp³-hybridized carbons (Fsp3) is 0.667. The van der Waals surface area contributed by atoms with Crippen molar-refractivity contribution in [2.45, 2.75) is 46.0 Å². The molecule has 0 aromatic rings. The van der Waals surface area contributed by atoms with E-state index in [0.717, 1.165) is 19.3 Å². The van der Waals surface area contributed by atoms with E-state index in [9.17, 15) is 9.59 Å². The molecule has 0 saturated heterocycles. The van der Waals surface area contributed by atoms with E-state index in [2.05, 4.69) is 13.5 Å². The second-order valence-electron chi connectivity index (χ2n) is 3.15. The zero-order valence-corrected chi connectivity index (χ0v) is 10.2. The Morgan fingerprint density at radius 3 is 2.25 bits per heavy atom. The Balaban J connectivity index is 0. The first-order valence-electron chi connectivity index (χ1n) is 5.56. The molecule has 0 aliphatic carbocycles. The Morgan fingerprint density at radius 2 is 1.94 bits per heavy atom. The van der Waals surface area contributed by atoms with Crippen molar-refractivity contribution in [3.63, 3.8) is 0 Å². The van der Waals surface area contributed by atoms with Crippen LogP contribution in [0.25, 0.3) is 0 Å². The SMILES string of the molecule is C=CCC(=O)O.CCCCCC(=O)OCC. The maximum Gasteiger partial charge on any atom is 0.307 e. The van der Waals surface area contributed by atoms with Gasteiger partial charge in [0.1, 0.15) is 0 Å². The van der Waals surface area contributed by atoms with Gasteiger partial charge in [-0.3, -0.25) is 9.59 Å². The Kier molecular flexibility index (Phi) is 14.6. The molecule has 4 heteroatoms. The summed E-state index contributed by atoms with van der Waals surface area (Å²) in [6.45, 7) is 7.67. The van der Waals surface area contributed by atoms with Crippen molar-refractivity contribution in [3.05, 3.63) is 12.7 Å². The molecule has 0 rings (SSSR count). The lowest BCUT2D eigenvalue weighted by atomic mass is 10.2. The van der Waals surface area contributed by atoms with Gasteiger partial charge in [0.05, 0.1) is 13.0 Å². The van der Waals surface area contributed by atoms with Crippen LogP contribution in [-0.4, -0.2) is 23.7 Å². The van der Waals surface area contributed by atoms with Crippen LogP contribution in [0.5, 0.6) is 0 Å². The second-order valence-corrected chi connectivity index (χ2v) is 3.15. The maximum absolute atomic E-state index is 10.7. The highest BCUT2D eigenvalue weighted by atomic mass is 16.5. The summed E-state index contributed by atoms with van der Waals surface area (Å²) in [6.07, 6.45) is 5.23. The largest absolute Gasteiger partial charge is 0.481 e. The van der Waals surface area contributed by atoms with E-state index in [1.54, 1.807) is 0 Å². The van der Waals surface area contributed by atoms with E-state index in [0.29, 0.717) is 13.0 Å². The van der Waals surface area contributed by atoms with E-state index in [1.807, 2.05) is 6.92 Å². The molecule has 0 saturated carbocycles. The van der Waals surface area contributed by atoms with Gasteiger partial charge in [-0.05, 0) is 13.3 Å². The molecule has 0 bridgehead atoms. The lowest BCUT2D eigenvalue weighted by Gasteiger charge is -1.99. The van der Waals surface area contributed by atoms with E-state index in [1.165, 1.54) is 6.08 Å². The molecule has 0 radical (unpaired) electrons. The van der Waals surface area contributed by atoms with Gasteiger partial charge in [0, 0.05) is 6.42 Å². The minimum absolute atomic E-state index is 0.0556. The third-order valence-electron chi connectivity index (χ3n) is 1.61. The minimum Gasteiger partial charge on any atom is -0.481 e. The highest BCUT2D eigenvalue weighted by molar-refractivity contribution is 5.69. The minimum atomic E-state index is -0.829. The Bertz CT molecular complexity index is 199. The van der Waals surface area contributed by atoms with Crippen LogP contribution in [0.2, 0.25) is 0 Å². The molecule has 0 aliphatic rings. The van der Waals surface area contributed by atoms with Gasteiger partial charge in [-0.15, -0.1) is 6.58 Å². The monoisotopic (exact) mass is 230 g/mol. The zero-order chi connectivity index (χ0) is 12.8. The van der Waals surface area contributed by atoms with Crippen molar-refractivity contribution >= 4 is 11.9 Å². The van der Waals surface area contributed by atoms with Crippen LogP contribution in [0.4, 0.5) is 0 Å². The molecule has 0 aliphatic heterocycles. The molecule has 16 heavy (non-hydrogen) atoms. The molecule has 0 amide bonds. The molecular weight excluding hydrogens is 208 g/mol. The summed E-state index contributed by atoms with van der Waals surface area (Å²) in [6, 6.07) is 0. The smallest absolute Gasteiger partial charge is 0.307 e. The van der Waals surface area contributed by atoms with Gasteiger partial charge in [-0.25, -0.2) is 0 Å². The summed E-state index contributed by atoms with van der Waals surface area (Å²) >= 11 is 0. The average molecular weight is 230 g/mol. The zero-order valence-electron chi connectivity index (χ0n) is 10.2. The van der Waals surface area contributed by atoms with Gasteiger partial charge < -0.3 is 9.84 Å². The number of unbranched alkanes of at least 4 members (excludes halogenated alkanes) is 2. The molecule has 0 aromatic heterocycles. The Morgan fingerprint density at radius 1 is 1.31 bits per heavy atom. The van der Waals surface area contributed by atoms with Crippen molar-refractivity contribution in [1.82, 2.24) is 0 Å². The molecule has 0 heterocycles. The van der Waals surface area contributed by atoms with Crippen LogP contribution in [0.15, 0.2) is 12.7 Å². The number of hydrogen-bond donors (Lipinski definition) is 1. The highest BCUT2D eigenvalue weighted by Crippen LogP contribution is 1.99. The molecule has 0 aromatic carbocycles. The van der Waals surface area contributed by atoms with Gasteiger partial charge in [0.15, 0.2) is 0 Å². The van der Waals surface area contributed by atoms with Crippen molar-refractivity contribution in [3.8, 4) is 0 Å². The summed E-state index contributed by atoms with van der Waals surface area (Å²) in [4.78, 5) is 20.2. The predicted octanol–water partition coefficient (Wildman–Crippen LogP) is 2.78. The number of ether oxygens (including phenoxy) is 1. The molecule has 0 unspecified atom stereocenters. The van der Waals surface area contributed by atoms with E-state index < -0.39 is 5.97 Å². The molecular formula is C12H22O4. The third kappa shape index (κ3) is 18.5. The molecule has 0 spiro atoms. The van der Waals surface area contributed by atoms with Gasteiger partial charge in [-0.2, -0.15) is 0 Å². The first-order chi connectivity index (χ1) is 7.58. The topological polar surface area (TPSA) is 63.6 Å². The average Bonchev–Trinajstić information content (AvgIpc) is 2.19. The third-order valence-corrected chi connectivity index (χ3v) is 1.61. The summed E-state index contributed by atoms with van der Waals surface area (Å²) in [5.74, 6) is -0.888. The first kappa shape index (κ1) is 17.1. The molecule has 94 valence electrons. The van der Waals surface area contributed by atoms with Crippen molar-refractivity contribution in [1.29, 1.82) is 0 Å². The van der Waals surface area contributed by atoms with Crippen LogP contribution in [0, 0.1) is 0 Å². The number of carboxylic acids is 1. The molecule has 0 atom stereocenters. The molecule has 4 nitrogen and oxygen atoms in total. The number of rotatable bonds is 7. The standard InChI is InChI=1S/C8H16O2.C4H6O2/c1-3-5-6-7-8(9)10-4-2;1-2-3-4(5)6/h3-7H2,1-2H3;2H,1,3H2,(H,5,6). The highest BCUT2D eigenvalue weighted by Gasteiger charge is 1.98. The molecule has 1 N–H and O–H groups in total. The van der Waals surface area contributed by atoms with Gasteiger partial charge >= 0.3 is 11.9 Å². The second kappa shape index (κ2) is 13.7. The number of carbonyl (C=O) groups excluding carboxylic acids is 1. The van der Waals surface area contributed by atoms with Crippen LogP contribution >= 0.6 is 0 Å². The summed E-state index contributed by atoms with van der Waals surface area (Å²) < 4.78 is 4.75. The van der Waals surface area contributed by atoms with Crippen molar-refractivity contribution in [2.24, 2.45) is 0 Å². The summed E-state index contributed by atoms with van der Waals surface area (Å²) in [5.41, 5.74) is 0. The lowest BCUT2D eigenvalue weighted by molar-refractivity contribution is -0.143. The number of hydrogen-bond acceptors (Lipinski definition) is 3. The quantitative estimate of drug-likeness (QED) is 0.415. The van der Waals surface area contributed by atoms with E-state index in [-0.39, 0.29) is 12.4 Å². The van der Waals surface area contributed by atoms with Crippen molar-refractivity contribution < 1.29 is 19.4 Å². The Labute approximate surface area is 97.3 Å². The van der Waals surface area contributed by atoms with Gasteiger partial charge in [0.25, 0.3) is 0 Å². The van der Waals surface area contributed by atoms with Gasteiger partial charge in [-0.1, -0.05) is 25.8 Å². The van der Waals surface area contributed by atoms with Crippen LogP contribution in [0.1, 0.15) is 46.0 Å². The number of aliphatic carboxylic acids is 1. The van der Waals surface area contributed by atoms with Crippen LogP contribution < -0.4 is 0 Å². The first-order valence-corrected chi connectivity index (χ1v) is 5.56. The van der Waals surface area contributed by atoms with E-state index >= 15 is 0 Å². The fourth-order valence-electron chi connectivity index (χ4n) is 0.876. The number of esters is 1. The summed E-state index contributed by atoms with van der Waals surface area (Å²) in [5, 5.41) is 7.84. The summed E-state index contributed by atoms with van der Waals surface area (Å²) in [7, 11) is 0. The van der Waals surface area contributed by atoms with Gasteiger partial charge in [0.2, 0.25) is 0 Å². The van der Waals surface area contributed by atoms with Crippen molar-refractivity contribution in [2.75, 3.05) is 6.61 Å². The number of carboxylic acid groups (broad SMARTS) is 1. The van der Waals surface area contributed by atoms with E-state index in [4.69, 9.17) is 9.84 Å². The maximum atomic E-state index is 10.7. The van der Waals surface area contributed by atoms with Crippen LogP contribution in [-0.2, 0) is 14.3 Å². The molecule has 0 fully saturated rings.